The minimum atomic E-state index is -0.484. The Bertz CT molecular complexity index is 849. The van der Waals surface area contributed by atoms with E-state index in [0.29, 0.717) is 30.6 Å². The first kappa shape index (κ1) is 29.5. The molecule has 1 aliphatic carbocycles. The fourth-order valence-corrected chi connectivity index (χ4v) is 5.91. The molecular formula is C28H45ClN4O4. The van der Waals surface area contributed by atoms with Gasteiger partial charge < -0.3 is 30.3 Å². The Morgan fingerprint density at radius 2 is 1.97 bits per heavy atom. The van der Waals surface area contributed by atoms with Gasteiger partial charge in [-0.3, -0.25) is 0 Å². The Balaban J connectivity index is 1.61. The molecule has 0 aromatic heterocycles. The summed E-state index contributed by atoms with van der Waals surface area (Å²) in [5.41, 5.74) is 0.984. The number of amides is 3. The van der Waals surface area contributed by atoms with E-state index in [2.05, 4.69) is 27.6 Å². The van der Waals surface area contributed by atoms with Crippen molar-refractivity contribution in [1.29, 1.82) is 0 Å². The highest BCUT2D eigenvalue weighted by molar-refractivity contribution is 6.30. The molecule has 2 fully saturated rings. The molecule has 2 aliphatic rings. The average Bonchev–Trinajstić information content (AvgIpc) is 2.90. The summed E-state index contributed by atoms with van der Waals surface area (Å²) < 4.78 is 10.9. The smallest absolute Gasteiger partial charge is 0.406 e. The first-order valence-corrected chi connectivity index (χ1v) is 14.2. The maximum Gasteiger partial charge on any atom is 0.406 e. The quantitative estimate of drug-likeness (QED) is 0.347. The van der Waals surface area contributed by atoms with Gasteiger partial charge in [-0.2, -0.15) is 0 Å². The first-order chi connectivity index (χ1) is 17.9. The van der Waals surface area contributed by atoms with Gasteiger partial charge in [0.15, 0.2) is 0 Å². The maximum absolute atomic E-state index is 13.4. The van der Waals surface area contributed by atoms with Gasteiger partial charge in [0.2, 0.25) is 0 Å². The molecule has 1 aromatic carbocycles. The number of ether oxygens (including phenoxy) is 2. The molecule has 1 heterocycles. The highest BCUT2D eigenvalue weighted by Crippen LogP contribution is 2.34. The van der Waals surface area contributed by atoms with Crippen LogP contribution in [0, 0.1) is 17.8 Å². The Morgan fingerprint density at radius 1 is 1.19 bits per heavy atom. The molecule has 3 rings (SSSR count). The van der Waals surface area contributed by atoms with Gasteiger partial charge >= 0.3 is 12.1 Å². The van der Waals surface area contributed by atoms with Gasteiger partial charge in [0.1, 0.15) is 0 Å². The summed E-state index contributed by atoms with van der Waals surface area (Å²) in [6, 6.07) is 7.83. The minimum absolute atomic E-state index is 0.00586. The molecule has 9 heteroatoms. The lowest BCUT2D eigenvalue weighted by molar-refractivity contribution is -0.00865. The minimum Gasteiger partial charge on any atom is -0.453 e. The third kappa shape index (κ3) is 9.65. The Morgan fingerprint density at radius 3 is 2.68 bits per heavy atom. The highest BCUT2D eigenvalue weighted by Gasteiger charge is 2.32. The predicted octanol–water partition coefficient (Wildman–Crippen LogP) is 4.98. The fraction of sp³-hybridized carbons (Fsp3) is 0.714. The molecule has 3 atom stereocenters. The van der Waals surface area contributed by atoms with E-state index in [0.717, 1.165) is 43.8 Å². The number of nitrogens with one attached hydrogen (secondary N) is 3. The van der Waals surface area contributed by atoms with E-state index < -0.39 is 6.09 Å². The van der Waals surface area contributed by atoms with Crippen LogP contribution in [0.2, 0.25) is 5.02 Å². The van der Waals surface area contributed by atoms with E-state index >= 15 is 0 Å². The van der Waals surface area contributed by atoms with E-state index in [-0.39, 0.29) is 24.1 Å². The van der Waals surface area contributed by atoms with Crippen LogP contribution in [0.5, 0.6) is 0 Å². The number of nitrogens with zero attached hydrogens (tertiary/aromatic N) is 1. The van der Waals surface area contributed by atoms with Gasteiger partial charge in [-0.1, -0.05) is 56.3 Å². The summed E-state index contributed by atoms with van der Waals surface area (Å²) in [7, 11) is 3.28. The molecule has 1 unspecified atom stereocenters. The Kier molecular flexibility index (Phi) is 12.3. The summed E-state index contributed by atoms with van der Waals surface area (Å²) in [4.78, 5) is 26.7. The number of urea groups is 1. The number of methoxy groups -OCH3 is 1. The van der Waals surface area contributed by atoms with Gasteiger partial charge in [-0.05, 0) is 55.8 Å². The number of halogens is 1. The Hall–Kier alpha value is -2.03. The van der Waals surface area contributed by atoms with Crippen LogP contribution < -0.4 is 16.0 Å². The second-order valence-electron chi connectivity index (χ2n) is 10.7. The zero-order valence-electron chi connectivity index (χ0n) is 22.6. The van der Waals surface area contributed by atoms with Gasteiger partial charge in [-0.15, -0.1) is 0 Å². The third-order valence-electron chi connectivity index (χ3n) is 7.74. The van der Waals surface area contributed by atoms with E-state index in [1.165, 1.54) is 32.8 Å². The lowest BCUT2D eigenvalue weighted by atomic mass is 9.80. The molecular weight excluding hydrogens is 492 g/mol. The molecule has 0 radical (unpaired) electrons. The largest absolute Gasteiger partial charge is 0.453 e. The van der Waals surface area contributed by atoms with Crippen molar-refractivity contribution in [3.63, 3.8) is 0 Å². The van der Waals surface area contributed by atoms with Crippen molar-refractivity contribution in [3.05, 3.63) is 34.9 Å². The molecule has 0 bridgehead atoms. The lowest BCUT2D eigenvalue weighted by Crippen LogP contribution is -2.52. The number of piperidine rings is 1. The zero-order valence-corrected chi connectivity index (χ0v) is 23.4. The molecule has 8 nitrogen and oxygen atoms in total. The molecule has 3 amide bonds. The van der Waals surface area contributed by atoms with Crippen LogP contribution in [-0.2, 0) is 9.47 Å². The third-order valence-corrected chi connectivity index (χ3v) is 7.97. The zero-order chi connectivity index (χ0) is 26.6. The summed E-state index contributed by atoms with van der Waals surface area (Å²) >= 11 is 6.29. The summed E-state index contributed by atoms with van der Waals surface area (Å²) in [5, 5.41) is 9.90. The van der Waals surface area contributed by atoms with Crippen LogP contribution in [0.25, 0.3) is 0 Å². The highest BCUT2D eigenvalue weighted by atomic mass is 35.5. The molecule has 37 heavy (non-hydrogen) atoms. The standard InChI is InChI=1S/C28H45ClN4O4/c1-20-9-11-21(12-10-20)16-25(18-30-2)32-27(34)33-14-5-7-23(19-33)26(22-6-4-8-24(29)17-22)37-15-13-31-28(35)36-3/h4,6,8,17,20-21,23,25-26,30H,5,7,9-16,18-19H2,1-3H3,(H,31,35)(H,32,34)/t20?,21?,23-,25+,26?/m1/s1. The summed E-state index contributed by atoms with van der Waals surface area (Å²) in [6.45, 7) is 5.14. The molecule has 1 aliphatic heterocycles. The Labute approximate surface area is 227 Å². The second kappa shape index (κ2) is 15.4. The maximum atomic E-state index is 13.4. The normalized spacial score (nSPS) is 23.7. The number of rotatable bonds is 11. The number of likely N-dealkylation sites (N-methyl/N-ethyl adjacent to an activating group) is 1. The molecule has 208 valence electrons. The van der Waals surface area contributed by atoms with E-state index in [4.69, 9.17) is 16.3 Å². The van der Waals surface area contributed by atoms with Crippen molar-refractivity contribution in [2.24, 2.45) is 17.8 Å². The van der Waals surface area contributed by atoms with Crippen molar-refractivity contribution >= 4 is 23.7 Å². The number of hydrogen-bond acceptors (Lipinski definition) is 5. The van der Waals surface area contributed by atoms with Gasteiger partial charge in [0.25, 0.3) is 0 Å². The van der Waals surface area contributed by atoms with Gasteiger partial charge in [0, 0.05) is 43.2 Å². The van der Waals surface area contributed by atoms with Crippen LogP contribution in [0.3, 0.4) is 0 Å². The van der Waals surface area contributed by atoms with Crippen LogP contribution in [-0.4, -0.2) is 70.0 Å². The van der Waals surface area contributed by atoms with Crippen molar-refractivity contribution in [3.8, 4) is 0 Å². The lowest BCUT2D eigenvalue weighted by Gasteiger charge is -2.38. The van der Waals surface area contributed by atoms with Gasteiger partial charge in [-0.25, -0.2) is 9.59 Å². The predicted molar refractivity (Wildman–Crippen MR) is 147 cm³/mol. The van der Waals surface area contributed by atoms with Crippen molar-refractivity contribution in [1.82, 2.24) is 20.9 Å². The monoisotopic (exact) mass is 536 g/mol. The van der Waals surface area contributed by atoms with Gasteiger partial charge in [0.05, 0.1) is 19.8 Å². The summed E-state index contributed by atoms with van der Waals surface area (Å²) in [5.74, 6) is 1.63. The van der Waals surface area contributed by atoms with E-state index in [9.17, 15) is 9.59 Å². The molecule has 1 saturated heterocycles. The van der Waals surface area contributed by atoms with Crippen LogP contribution in [0.15, 0.2) is 24.3 Å². The van der Waals surface area contributed by atoms with Crippen LogP contribution in [0.1, 0.15) is 63.5 Å². The second-order valence-corrected chi connectivity index (χ2v) is 11.1. The summed E-state index contributed by atoms with van der Waals surface area (Å²) in [6.07, 6.45) is 7.27. The average molecular weight is 537 g/mol. The number of likely N-dealkylation sites (tertiary alicyclic amines) is 1. The van der Waals surface area contributed by atoms with Crippen molar-refractivity contribution in [2.45, 2.75) is 64.0 Å². The van der Waals surface area contributed by atoms with E-state index in [1.807, 2.05) is 36.2 Å². The van der Waals surface area contributed by atoms with E-state index in [1.54, 1.807) is 0 Å². The van der Waals surface area contributed by atoms with Crippen LogP contribution >= 0.6 is 11.6 Å². The SMILES string of the molecule is CNC[C@H](CC1CCC(C)CC1)NC(=O)N1CCC[C@@H](C(OCCNC(=O)OC)c2cccc(Cl)c2)C1. The molecule has 1 aromatic rings. The molecule has 3 N–H and O–H groups in total. The number of hydrogen-bond donors (Lipinski definition) is 3. The van der Waals surface area contributed by atoms with Crippen molar-refractivity contribution in [2.75, 3.05) is 46.9 Å². The topological polar surface area (TPSA) is 91.9 Å². The molecule has 0 spiro atoms. The molecule has 1 saturated carbocycles. The van der Waals surface area contributed by atoms with Crippen LogP contribution in [0.4, 0.5) is 9.59 Å². The number of carbonyl (C=O) groups excluding carboxylic acids is 2. The van der Waals surface area contributed by atoms with Crippen molar-refractivity contribution < 1.29 is 19.1 Å². The number of alkyl carbamates (subject to hydrolysis) is 1. The number of carbonyl (C=O) groups is 2. The number of benzene rings is 1. The fourth-order valence-electron chi connectivity index (χ4n) is 5.71. The first-order valence-electron chi connectivity index (χ1n) is 13.8.